The lowest BCUT2D eigenvalue weighted by molar-refractivity contribution is 0.102. The van der Waals surface area contributed by atoms with Crippen molar-refractivity contribution in [2.75, 3.05) is 5.32 Å². The van der Waals surface area contributed by atoms with Crippen LogP contribution in [0.2, 0.25) is 0 Å². The van der Waals surface area contributed by atoms with Crippen molar-refractivity contribution >= 4 is 44.1 Å². The highest BCUT2D eigenvalue weighted by Gasteiger charge is 2.15. The number of carbonyl (C=O) groups is 1. The Morgan fingerprint density at radius 1 is 1.10 bits per heavy atom. The monoisotopic (exact) mass is 473 g/mol. The van der Waals surface area contributed by atoms with Gasteiger partial charge in [0.25, 0.3) is 5.91 Å². The number of imidazole rings is 1. The molecule has 0 unspecified atom stereocenters. The highest BCUT2D eigenvalue weighted by molar-refractivity contribution is 9.10. The molecule has 7 heteroatoms. The van der Waals surface area contributed by atoms with Gasteiger partial charge in [-0.2, -0.15) is 0 Å². The SMILES string of the molecule is Cc1cccn2cc(-c3cccc(NC(=O)c4cc5cc(Br)ccc5oc4=O)c3)nc12. The van der Waals surface area contributed by atoms with Gasteiger partial charge in [-0.25, -0.2) is 9.78 Å². The number of pyridine rings is 1. The minimum Gasteiger partial charge on any atom is -0.422 e. The minimum absolute atomic E-state index is 0.0562. The van der Waals surface area contributed by atoms with E-state index in [4.69, 9.17) is 9.40 Å². The molecule has 5 rings (SSSR count). The van der Waals surface area contributed by atoms with Crippen LogP contribution in [0.4, 0.5) is 5.69 Å². The summed E-state index contributed by atoms with van der Waals surface area (Å²) in [6, 6.07) is 18.1. The first-order valence-corrected chi connectivity index (χ1v) is 10.4. The number of hydrogen-bond acceptors (Lipinski definition) is 4. The molecule has 2 aromatic carbocycles. The van der Waals surface area contributed by atoms with Crippen molar-refractivity contribution in [3.05, 3.63) is 99.1 Å². The van der Waals surface area contributed by atoms with Gasteiger partial charge in [-0.1, -0.05) is 34.1 Å². The topological polar surface area (TPSA) is 76.6 Å². The number of fused-ring (bicyclic) bond motifs is 2. The Kier molecular flexibility index (Phi) is 4.67. The fourth-order valence-electron chi connectivity index (χ4n) is 3.50. The second-order valence-electron chi connectivity index (χ2n) is 7.21. The molecule has 0 fully saturated rings. The van der Waals surface area contributed by atoms with Crippen LogP contribution in [-0.4, -0.2) is 15.3 Å². The third-order valence-corrected chi connectivity index (χ3v) is 5.53. The first-order chi connectivity index (χ1) is 15.0. The number of nitrogens with one attached hydrogen (secondary N) is 1. The Labute approximate surface area is 185 Å². The number of benzene rings is 2. The lowest BCUT2D eigenvalue weighted by Crippen LogP contribution is -2.20. The maximum Gasteiger partial charge on any atom is 0.349 e. The van der Waals surface area contributed by atoms with Crippen molar-refractivity contribution in [1.29, 1.82) is 0 Å². The predicted molar refractivity (Wildman–Crippen MR) is 124 cm³/mol. The van der Waals surface area contributed by atoms with Gasteiger partial charge in [0.2, 0.25) is 0 Å². The van der Waals surface area contributed by atoms with Crippen molar-refractivity contribution in [3.63, 3.8) is 0 Å². The summed E-state index contributed by atoms with van der Waals surface area (Å²) in [5, 5.41) is 3.45. The molecule has 0 atom stereocenters. The van der Waals surface area contributed by atoms with Crippen molar-refractivity contribution in [2.24, 2.45) is 0 Å². The first-order valence-electron chi connectivity index (χ1n) is 9.57. The van der Waals surface area contributed by atoms with Crippen LogP contribution in [0.25, 0.3) is 27.9 Å². The molecule has 6 nitrogen and oxygen atoms in total. The number of rotatable bonds is 3. The standard InChI is InChI=1S/C24H16BrN3O3/c1-14-4-3-9-28-13-20(27-22(14)28)15-5-2-6-18(11-15)26-23(29)19-12-16-10-17(25)7-8-21(16)31-24(19)30/h2-13H,1H3,(H,26,29). The zero-order chi connectivity index (χ0) is 21.5. The Morgan fingerprint density at radius 2 is 1.97 bits per heavy atom. The fourth-order valence-corrected chi connectivity index (χ4v) is 3.88. The van der Waals surface area contributed by atoms with E-state index in [9.17, 15) is 9.59 Å². The third kappa shape index (κ3) is 3.64. The summed E-state index contributed by atoms with van der Waals surface area (Å²) >= 11 is 3.39. The van der Waals surface area contributed by atoms with Gasteiger partial charge in [0, 0.05) is 33.5 Å². The summed E-state index contributed by atoms with van der Waals surface area (Å²) in [6.07, 6.45) is 3.89. The van der Waals surface area contributed by atoms with E-state index in [-0.39, 0.29) is 5.56 Å². The Balaban J connectivity index is 1.47. The molecule has 31 heavy (non-hydrogen) atoms. The van der Waals surface area contributed by atoms with E-state index in [0.29, 0.717) is 16.7 Å². The molecule has 0 aliphatic rings. The summed E-state index contributed by atoms with van der Waals surface area (Å²) in [6.45, 7) is 2.01. The Morgan fingerprint density at radius 3 is 2.81 bits per heavy atom. The number of halogens is 1. The van der Waals surface area contributed by atoms with Crippen LogP contribution in [0.15, 0.2) is 86.7 Å². The van der Waals surface area contributed by atoms with Crippen molar-refractivity contribution in [2.45, 2.75) is 6.92 Å². The molecule has 0 radical (unpaired) electrons. The molecule has 5 aromatic rings. The molecule has 3 aromatic heterocycles. The average Bonchev–Trinajstić information content (AvgIpc) is 3.19. The third-order valence-electron chi connectivity index (χ3n) is 5.03. The van der Waals surface area contributed by atoms with E-state index in [2.05, 4.69) is 21.2 Å². The normalized spacial score (nSPS) is 11.2. The van der Waals surface area contributed by atoms with Crippen molar-refractivity contribution in [3.8, 4) is 11.3 Å². The molecule has 1 N–H and O–H groups in total. The highest BCUT2D eigenvalue weighted by atomic mass is 79.9. The van der Waals surface area contributed by atoms with Gasteiger partial charge in [-0.15, -0.1) is 0 Å². The molecular weight excluding hydrogens is 458 g/mol. The molecule has 0 aliphatic carbocycles. The molecular formula is C24H16BrN3O3. The molecule has 1 amide bonds. The summed E-state index contributed by atoms with van der Waals surface area (Å²) < 4.78 is 8.09. The number of carbonyl (C=O) groups excluding carboxylic acids is 1. The molecule has 0 aliphatic heterocycles. The zero-order valence-electron chi connectivity index (χ0n) is 16.4. The van der Waals surface area contributed by atoms with Crippen LogP contribution in [-0.2, 0) is 0 Å². The molecule has 0 saturated carbocycles. The molecule has 3 heterocycles. The van der Waals surface area contributed by atoms with Crippen LogP contribution in [0.1, 0.15) is 15.9 Å². The minimum atomic E-state index is -0.681. The van der Waals surface area contributed by atoms with Crippen LogP contribution in [0.3, 0.4) is 0 Å². The maximum atomic E-state index is 12.8. The second-order valence-corrected chi connectivity index (χ2v) is 8.13. The summed E-state index contributed by atoms with van der Waals surface area (Å²) in [5.41, 5.74) is 3.85. The predicted octanol–water partition coefficient (Wildman–Crippen LogP) is 5.43. The number of amides is 1. The van der Waals surface area contributed by atoms with Crippen molar-refractivity contribution in [1.82, 2.24) is 9.38 Å². The first kappa shape index (κ1) is 19.3. The van der Waals surface area contributed by atoms with E-state index >= 15 is 0 Å². The van der Waals surface area contributed by atoms with E-state index in [1.165, 1.54) is 6.07 Å². The number of anilines is 1. The summed E-state index contributed by atoms with van der Waals surface area (Å²) in [5.74, 6) is -0.529. The largest absolute Gasteiger partial charge is 0.422 e. The van der Waals surface area contributed by atoms with Gasteiger partial charge < -0.3 is 14.1 Å². The van der Waals surface area contributed by atoms with E-state index < -0.39 is 11.5 Å². The highest BCUT2D eigenvalue weighted by Crippen LogP contribution is 2.24. The van der Waals surface area contributed by atoms with Gasteiger partial charge in [0.05, 0.1) is 5.69 Å². The van der Waals surface area contributed by atoms with Crippen LogP contribution < -0.4 is 10.9 Å². The Bertz CT molecular complexity index is 1530. The maximum absolute atomic E-state index is 12.8. The number of nitrogens with zero attached hydrogens (tertiary/aromatic N) is 2. The Hall–Kier alpha value is -3.71. The van der Waals surface area contributed by atoms with E-state index in [1.807, 2.05) is 54.0 Å². The quantitative estimate of drug-likeness (QED) is 0.354. The van der Waals surface area contributed by atoms with E-state index in [0.717, 1.165) is 26.9 Å². The molecule has 0 bridgehead atoms. The summed E-state index contributed by atoms with van der Waals surface area (Å²) in [7, 11) is 0. The number of aryl methyl sites for hydroxylation is 1. The molecule has 0 saturated heterocycles. The van der Waals surface area contributed by atoms with Gasteiger partial charge >= 0.3 is 5.63 Å². The number of aromatic nitrogens is 2. The van der Waals surface area contributed by atoms with Crippen molar-refractivity contribution < 1.29 is 9.21 Å². The van der Waals surface area contributed by atoms with Crippen LogP contribution in [0, 0.1) is 6.92 Å². The van der Waals surface area contributed by atoms with Crippen LogP contribution >= 0.6 is 15.9 Å². The molecule has 0 spiro atoms. The molecule has 152 valence electrons. The smallest absolute Gasteiger partial charge is 0.349 e. The average molecular weight is 474 g/mol. The number of hydrogen-bond donors (Lipinski definition) is 1. The zero-order valence-corrected chi connectivity index (χ0v) is 18.0. The van der Waals surface area contributed by atoms with Gasteiger partial charge in [0.1, 0.15) is 16.8 Å². The lowest BCUT2D eigenvalue weighted by Gasteiger charge is -2.07. The second kappa shape index (κ2) is 7.52. The van der Waals surface area contributed by atoms with Crippen LogP contribution in [0.5, 0.6) is 0 Å². The fraction of sp³-hybridized carbons (Fsp3) is 0.0417. The van der Waals surface area contributed by atoms with Gasteiger partial charge in [0.15, 0.2) is 0 Å². The lowest BCUT2D eigenvalue weighted by atomic mass is 10.1. The van der Waals surface area contributed by atoms with Gasteiger partial charge in [-0.05, 0) is 55.0 Å². The van der Waals surface area contributed by atoms with Gasteiger partial charge in [-0.3, -0.25) is 4.79 Å². The summed E-state index contributed by atoms with van der Waals surface area (Å²) in [4.78, 5) is 29.8. The van der Waals surface area contributed by atoms with E-state index in [1.54, 1.807) is 24.3 Å².